The lowest BCUT2D eigenvalue weighted by Gasteiger charge is -2.05. The molecule has 0 unspecified atom stereocenters. The fraction of sp³-hybridized carbons (Fsp3) is 0.111. The van der Waals surface area contributed by atoms with Gasteiger partial charge in [-0.2, -0.15) is 0 Å². The van der Waals surface area contributed by atoms with Crippen molar-refractivity contribution in [2.24, 2.45) is 0 Å². The summed E-state index contributed by atoms with van der Waals surface area (Å²) in [7, 11) is 0. The zero-order valence-corrected chi connectivity index (χ0v) is 12.4. The summed E-state index contributed by atoms with van der Waals surface area (Å²) in [5, 5.41) is 8.97. The van der Waals surface area contributed by atoms with E-state index in [0.29, 0.717) is 19.0 Å². The molecule has 0 amide bonds. The van der Waals surface area contributed by atoms with E-state index in [-0.39, 0.29) is 5.75 Å². The van der Waals surface area contributed by atoms with Crippen LogP contribution >= 0.6 is 0 Å². The molecule has 2 aromatic carbocycles. The van der Waals surface area contributed by atoms with Gasteiger partial charge in [0.05, 0.1) is 12.5 Å². The van der Waals surface area contributed by atoms with E-state index in [9.17, 15) is 0 Å². The van der Waals surface area contributed by atoms with Crippen LogP contribution < -0.4 is 9.47 Å². The molecule has 4 nitrogen and oxygen atoms in total. The van der Waals surface area contributed by atoms with E-state index in [1.807, 2.05) is 30.3 Å². The van der Waals surface area contributed by atoms with Crippen LogP contribution in [-0.2, 0) is 4.74 Å². The molecule has 0 heterocycles. The van der Waals surface area contributed by atoms with E-state index in [4.69, 9.17) is 19.3 Å². The van der Waals surface area contributed by atoms with Crippen LogP contribution in [0.15, 0.2) is 80.3 Å². The number of hydrogen-bond donors (Lipinski definition) is 1. The average Bonchev–Trinajstić information content (AvgIpc) is 2.55. The lowest BCUT2D eigenvalue weighted by atomic mass is 10.3. The first-order valence-electron chi connectivity index (χ1n) is 6.73. The molecule has 1 N–H and O–H groups in total. The van der Waals surface area contributed by atoms with Crippen LogP contribution in [0.5, 0.6) is 17.2 Å². The number of hydrogen-bond acceptors (Lipinski definition) is 4. The number of ether oxygens (including phenoxy) is 3. The second kappa shape index (κ2) is 10.9. The smallest absolute Gasteiger partial charge is 0.126 e. The van der Waals surface area contributed by atoms with Crippen LogP contribution in [0.1, 0.15) is 0 Å². The Morgan fingerprint density at radius 3 is 2.09 bits per heavy atom. The van der Waals surface area contributed by atoms with Gasteiger partial charge in [-0.15, -0.1) is 0 Å². The van der Waals surface area contributed by atoms with E-state index in [1.165, 1.54) is 12.5 Å². The fourth-order valence-corrected chi connectivity index (χ4v) is 1.43. The number of para-hydroxylation sites is 1. The Balaban J connectivity index is 0.000000235. The molecule has 0 atom stereocenters. The molecule has 0 radical (unpaired) electrons. The van der Waals surface area contributed by atoms with Gasteiger partial charge in [-0.25, -0.2) is 0 Å². The standard InChI is InChI=1S/C10H12O3.C8H8O/c1-2-12-7-8-13-10-5-3-9(11)4-6-10;1-2-9-8-6-4-3-5-7-8/h2-6,11H,1,7-8H2;2-7H,1H2. The highest BCUT2D eigenvalue weighted by molar-refractivity contribution is 5.30. The van der Waals surface area contributed by atoms with E-state index >= 15 is 0 Å². The van der Waals surface area contributed by atoms with Crippen molar-refractivity contribution >= 4 is 0 Å². The number of phenolic OH excluding ortho intramolecular Hbond substituents is 1. The third-order valence-electron chi connectivity index (χ3n) is 2.39. The van der Waals surface area contributed by atoms with Gasteiger partial charge in [0.1, 0.15) is 30.5 Å². The summed E-state index contributed by atoms with van der Waals surface area (Å²) in [4.78, 5) is 0. The molecular formula is C18H20O4. The van der Waals surface area contributed by atoms with Gasteiger partial charge in [0.25, 0.3) is 0 Å². The molecule has 2 aromatic rings. The Kier molecular flexibility index (Phi) is 8.47. The molecule has 0 saturated carbocycles. The summed E-state index contributed by atoms with van der Waals surface area (Å²) in [6.07, 6.45) is 2.79. The number of rotatable bonds is 7. The van der Waals surface area contributed by atoms with Crippen molar-refractivity contribution in [2.75, 3.05) is 13.2 Å². The molecule has 2 rings (SSSR count). The number of benzene rings is 2. The predicted molar refractivity (Wildman–Crippen MR) is 87.0 cm³/mol. The summed E-state index contributed by atoms with van der Waals surface area (Å²) >= 11 is 0. The molecule has 4 heteroatoms. The van der Waals surface area contributed by atoms with Gasteiger partial charge in [0.2, 0.25) is 0 Å². The summed E-state index contributed by atoms with van der Waals surface area (Å²) < 4.78 is 15.1. The highest BCUT2D eigenvalue weighted by Crippen LogP contribution is 2.15. The van der Waals surface area contributed by atoms with Crippen LogP contribution in [0.2, 0.25) is 0 Å². The van der Waals surface area contributed by atoms with Gasteiger partial charge in [0, 0.05) is 0 Å². The SMILES string of the molecule is C=COCCOc1ccc(O)cc1.C=COc1ccccc1. The van der Waals surface area contributed by atoms with E-state index in [1.54, 1.807) is 24.3 Å². The Morgan fingerprint density at radius 1 is 0.818 bits per heavy atom. The maximum absolute atomic E-state index is 8.97. The molecule has 0 bridgehead atoms. The molecule has 22 heavy (non-hydrogen) atoms. The Hall–Kier alpha value is -2.88. The number of aromatic hydroxyl groups is 1. The molecule has 0 aliphatic rings. The molecule has 0 saturated heterocycles. The summed E-state index contributed by atoms with van der Waals surface area (Å²) in [6, 6.07) is 16.1. The van der Waals surface area contributed by atoms with Crippen molar-refractivity contribution in [1.82, 2.24) is 0 Å². The minimum Gasteiger partial charge on any atom is -0.508 e. The summed E-state index contributed by atoms with van der Waals surface area (Å²) in [5.74, 6) is 1.77. The molecule has 0 aliphatic heterocycles. The Labute approximate surface area is 130 Å². The maximum Gasteiger partial charge on any atom is 0.126 e. The van der Waals surface area contributed by atoms with Crippen molar-refractivity contribution in [1.29, 1.82) is 0 Å². The van der Waals surface area contributed by atoms with Gasteiger partial charge in [-0.1, -0.05) is 31.4 Å². The topological polar surface area (TPSA) is 47.9 Å². The first-order chi connectivity index (χ1) is 10.8. The maximum atomic E-state index is 8.97. The summed E-state index contributed by atoms with van der Waals surface area (Å²) in [6.45, 7) is 7.79. The van der Waals surface area contributed by atoms with E-state index in [2.05, 4.69) is 13.2 Å². The van der Waals surface area contributed by atoms with Gasteiger partial charge in [-0.05, 0) is 36.4 Å². The minimum atomic E-state index is 0.231. The molecular weight excluding hydrogens is 280 g/mol. The Morgan fingerprint density at radius 2 is 1.50 bits per heavy atom. The summed E-state index contributed by atoms with van der Waals surface area (Å²) in [5.41, 5.74) is 0. The van der Waals surface area contributed by atoms with E-state index in [0.717, 1.165) is 5.75 Å². The molecule has 0 aliphatic carbocycles. The van der Waals surface area contributed by atoms with Crippen LogP contribution in [0.25, 0.3) is 0 Å². The van der Waals surface area contributed by atoms with Crippen molar-refractivity contribution in [3.05, 3.63) is 80.3 Å². The fourth-order valence-electron chi connectivity index (χ4n) is 1.43. The molecule has 0 aromatic heterocycles. The third kappa shape index (κ3) is 7.65. The Bertz CT molecular complexity index is 535. The van der Waals surface area contributed by atoms with Gasteiger partial charge in [0.15, 0.2) is 0 Å². The van der Waals surface area contributed by atoms with Crippen molar-refractivity contribution in [3.63, 3.8) is 0 Å². The lowest BCUT2D eigenvalue weighted by Crippen LogP contribution is -2.03. The highest BCUT2D eigenvalue weighted by atomic mass is 16.5. The molecule has 0 spiro atoms. The second-order valence-corrected chi connectivity index (χ2v) is 3.98. The third-order valence-corrected chi connectivity index (χ3v) is 2.39. The van der Waals surface area contributed by atoms with Crippen molar-refractivity contribution in [2.45, 2.75) is 0 Å². The minimum absolute atomic E-state index is 0.231. The van der Waals surface area contributed by atoms with Gasteiger partial charge < -0.3 is 19.3 Å². The second-order valence-electron chi connectivity index (χ2n) is 3.98. The molecule has 116 valence electrons. The van der Waals surface area contributed by atoms with Crippen LogP contribution in [0.4, 0.5) is 0 Å². The van der Waals surface area contributed by atoms with Crippen LogP contribution in [0.3, 0.4) is 0 Å². The largest absolute Gasteiger partial charge is 0.508 e. The first-order valence-corrected chi connectivity index (χ1v) is 6.73. The average molecular weight is 300 g/mol. The first kappa shape index (κ1) is 17.2. The van der Waals surface area contributed by atoms with E-state index < -0.39 is 0 Å². The van der Waals surface area contributed by atoms with Crippen LogP contribution in [-0.4, -0.2) is 18.3 Å². The van der Waals surface area contributed by atoms with Gasteiger partial charge in [-0.3, -0.25) is 0 Å². The highest BCUT2D eigenvalue weighted by Gasteiger charge is 1.92. The quantitative estimate of drug-likeness (QED) is 0.616. The monoisotopic (exact) mass is 300 g/mol. The molecule has 0 fully saturated rings. The lowest BCUT2D eigenvalue weighted by molar-refractivity contribution is 0.179. The van der Waals surface area contributed by atoms with Crippen LogP contribution in [0, 0.1) is 0 Å². The predicted octanol–water partition coefficient (Wildman–Crippen LogP) is 4.14. The normalized spacial score (nSPS) is 8.91. The van der Waals surface area contributed by atoms with Crippen molar-refractivity contribution in [3.8, 4) is 17.2 Å². The number of phenols is 1. The van der Waals surface area contributed by atoms with Crippen molar-refractivity contribution < 1.29 is 19.3 Å². The van der Waals surface area contributed by atoms with Gasteiger partial charge >= 0.3 is 0 Å². The zero-order chi connectivity index (χ0) is 16.0. The zero-order valence-electron chi connectivity index (χ0n) is 12.4.